The van der Waals surface area contributed by atoms with Crippen LogP contribution in [0.2, 0.25) is 0 Å². The molecule has 0 bridgehead atoms. The molecular formula is C27H27FN2O5. The molecule has 1 aliphatic rings. The second-order valence-electron chi connectivity index (χ2n) is 8.48. The fourth-order valence-corrected chi connectivity index (χ4v) is 4.37. The molecule has 1 aromatic heterocycles. The number of benzene rings is 2. The summed E-state index contributed by atoms with van der Waals surface area (Å²) in [7, 11) is 0. The van der Waals surface area contributed by atoms with Gasteiger partial charge in [-0.2, -0.15) is 0 Å². The molecule has 0 atom stereocenters. The molecule has 0 saturated carbocycles. The Morgan fingerprint density at radius 3 is 2.40 bits per heavy atom. The second-order valence-corrected chi connectivity index (χ2v) is 8.48. The number of pyridine rings is 1. The summed E-state index contributed by atoms with van der Waals surface area (Å²) in [6, 6.07) is 12.9. The van der Waals surface area contributed by atoms with Crippen molar-refractivity contribution in [3.8, 4) is 0 Å². The zero-order chi connectivity index (χ0) is 24.9. The van der Waals surface area contributed by atoms with Crippen LogP contribution in [0.1, 0.15) is 51.7 Å². The molecule has 182 valence electrons. The largest absolute Gasteiger partial charge is 0.462 e. The predicted molar refractivity (Wildman–Crippen MR) is 127 cm³/mol. The van der Waals surface area contributed by atoms with Crippen LogP contribution in [0.25, 0.3) is 10.9 Å². The highest BCUT2D eigenvalue weighted by molar-refractivity contribution is 5.98. The second kappa shape index (κ2) is 10.6. The van der Waals surface area contributed by atoms with E-state index in [0.717, 1.165) is 10.9 Å². The number of hydrogen-bond acceptors (Lipinski definition) is 6. The first kappa shape index (κ1) is 24.3. The van der Waals surface area contributed by atoms with Crippen LogP contribution in [0.3, 0.4) is 0 Å². The summed E-state index contributed by atoms with van der Waals surface area (Å²) in [5, 5.41) is 0.837. The number of amides is 1. The van der Waals surface area contributed by atoms with Crippen LogP contribution in [0.15, 0.2) is 48.5 Å². The maximum Gasteiger partial charge on any atom is 0.340 e. The van der Waals surface area contributed by atoms with Crippen molar-refractivity contribution in [3.05, 3.63) is 76.7 Å². The van der Waals surface area contributed by atoms with Crippen molar-refractivity contribution < 1.29 is 28.2 Å². The SMILES string of the molecule is CCOC(=O)c1c(COC(=O)C2CCN(C(=O)c3ccc(F)cc3)CC2)nc2ccccc2c1C. The molecule has 1 aliphatic heterocycles. The highest BCUT2D eigenvalue weighted by Crippen LogP contribution is 2.26. The van der Waals surface area contributed by atoms with Gasteiger partial charge in [-0.15, -0.1) is 0 Å². The molecule has 2 aromatic carbocycles. The molecule has 0 spiro atoms. The van der Waals surface area contributed by atoms with Gasteiger partial charge in [-0.25, -0.2) is 14.2 Å². The zero-order valence-electron chi connectivity index (χ0n) is 19.8. The Labute approximate surface area is 202 Å². The quantitative estimate of drug-likeness (QED) is 0.487. The average Bonchev–Trinajstić information content (AvgIpc) is 2.87. The first-order valence-corrected chi connectivity index (χ1v) is 11.7. The Morgan fingerprint density at radius 2 is 1.71 bits per heavy atom. The van der Waals surface area contributed by atoms with Crippen molar-refractivity contribution in [2.45, 2.75) is 33.3 Å². The third-order valence-corrected chi connectivity index (χ3v) is 6.26. The van der Waals surface area contributed by atoms with Crippen LogP contribution in [-0.2, 0) is 20.9 Å². The van der Waals surface area contributed by atoms with Crippen molar-refractivity contribution >= 4 is 28.7 Å². The normalized spacial score (nSPS) is 14.1. The lowest BCUT2D eigenvalue weighted by atomic mass is 9.96. The molecule has 0 radical (unpaired) electrons. The number of halogens is 1. The predicted octanol–water partition coefficient (Wildman–Crippen LogP) is 4.45. The van der Waals surface area contributed by atoms with Crippen LogP contribution < -0.4 is 0 Å². The fraction of sp³-hybridized carbons (Fsp3) is 0.333. The van der Waals surface area contributed by atoms with E-state index in [4.69, 9.17) is 9.47 Å². The van der Waals surface area contributed by atoms with Crippen LogP contribution in [-0.4, -0.2) is 47.4 Å². The maximum atomic E-state index is 13.1. The molecule has 0 N–H and O–H groups in total. The monoisotopic (exact) mass is 478 g/mol. The number of piperidine rings is 1. The van der Waals surface area contributed by atoms with Gasteiger partial charge in [0.25, 0.3) is 5.91 Å². The number of esters is 2. The molecule has 2 heterocycles. The summed E-state index contributed by atoms with van der Waals surface area (Å²) in [5.74, 6) is -1.83. The first-order chi connectivity index (χ1) is 16.9. The minimum absolute atomic E-state index is 0.145. The van der Waals surface area contributed by atoms with Gasteiger partial charge in [-0.05, 0) is 62.6 Å². The van der Waals surface area contributed by atoms with Gasteiger partial charge < -0.3 is 14.4 Å². The van der Waals surface area contributed by atoms with E-state index in [1.54, 1.807) is 11.8 Å². The van der Waals surface area contributed by atoms with Crippen LogP contribution in [0.4, 0.5) is 4.39 Å². The van der Waals surface area contributed by atoms with Gasteiger partial charge in [-0.1, -0.05) is 18.2 Å². The number of rotatable bonds is 6. The molecule has 1 amide bonds. The van der Waals surface area contributed by atoms with E-state index in [1.165, 1.54) is 24.3 Å². The highest BCUT2D eigenvalue weighted by Gasteiger charge is 2.29. The molecule has 7 nitrogen and oxygen atoms in total. The number of nitrogens with zero attached hydrogens (tertiary/aromatic N) is 2. The van der Waals surface area contributed by atoms with Gasteiger partial charge in [0.05, 0.1) is 29.3 Å². The van der Waals surface area contributed by atoms with E-state index < -0.39 is 11.8 Å². The molecule has 8 heteroatoms. The topological polar surface area (TPSA) is 85.8 Å². The summed E-state index contributed by atoms with van der Waals surface area (Å²) in [5.41, 5.74) is 2.52. The number of likely N-dealkylation sites (tertiary alicyclic amines) is 1. The Morgan fingerprint density at radius 1 is 1.03 bits per heavy atom. The third-order valence-electron chi connectivity index (χ3n) is 6.26. The standard InChI is InChI=1S/C27H27FN2O5/c1-3-34-27(33)24-17(2)21-6-4-5-7-22(21)29-23(24)16-35-26(32)19-12-14-30(15-13-19)25(31)18-8-10-20(28)11-9-18/h4-11,19H,3,12-16H2,1-2H3. The molecule has 35 heavy (non-hydrogen) atoms. The molecule has 4 rings (SSSR count). The number of aromatic nitrogens is 1. The number of aryl methyl sites for hydroxylation is 1. The number of hydrogen-bond donors (Lipinski definition) is 0. The smallest absolute Gasteiger partial charge is 0.340 e. The molecule has 1 saturated heterocycles. The van der Waals surface area contributed by atoms with Gasteiger partial charge in [0, 0.05) is 24.0 Å². The van der Waals surface area contributed by atoms with Gasteiger partial charge in [0.15, 0.2) is 0 Å². The number of carbonyl (C=O) groups excluding carboxylic acids is 3. The molecule has 1 fully saturated rings. The van der Waals surface area contributed by atoms with E-state index in [1.807, 2.05) is 31.2 Å². The van der Waals surface area contributed by atoms with E-state index in [9.17, 15) is 18.8 Å². The summed E-state index contributed by atoms with van der Waals surface area (Å²) >= 11 is 0. The Bertz CT molecular complexity index is 1250. The molecule has 0 aliphatic carbocycles. The van der Waals surface area contributed by atoms with Gasteiger partial charge in [0.1, 0.15) is 12.4 Å². The van der Waals surface area contributed by atoms with Crippen molar-refractivity contribution in [2.24, 2.45) is 5.92 Å². The van der Waals surface area contributed by atoms with Crippen LogP contribution in [0.5, 0.6) is 0 Å². The van der Waals surface area contributed by atoms with Gasteiger partial charge >= 0.3 is 11.9 Å². The lowest BCUT2D eigenvalue weighted by molar-refractivity contribution is -0.151. The lowest BCUT2D eigenvalue weighted by Crippen LogP contribution is -2.40. The average molecular weight is 479 g/mol. The van der Waals surface area contributed by atoms with E-state index in [0.29, 0.717) is 48.3 Å². The highest BCUT2D eigenvalue weighted by atomic mass is 19.1. The number of para-hydroxylation sites is 1. The summed E-state index contributed by atoms with van der Waals surface area (Å²) in [4.78, 5) is 44.3. The number of carbonyl (C=O) groups is 3. The van der Waals surface area contributed by atoms with Crippen LogP contribution >= 0.6 is 0 Å². The molecule has 3 aromatic rings. The summed E-state index contributed by atoms with van der Waals surface area (Å²) < 4.78 is 23.9. The summed E-state index contributed by atoms with van der Waals surface area (Å²) in [6.07, 6.45) is 0.918. The molecular weight excluding hydrogens is 451 g/mol. The van der Waals surface area contributed by atoms with Gasteiger partial charge in [-0.3, -0.25) is 9.59 Å². The van der Waals surface area contributed by atoms with E-state index in [2.05, 4.69) is 4.98 Å². The maximum absolute atomic E-state index is 13.1. The fourth-order valence-electron chi connectivity index (χ4n) is 4.37. The third kappa shape index (κ3) is 5.31. The number of ether oxygens (including phenoxy) is 2. The summed E-state index contributed by atoms with van der Waals surface area (Å²) in [6.45, 7) is 4.44. The van der Waals surface area contributed by atoms with Crippen molar-refractivity contribution in [2.75, 3.05) is 19.7 Å². The number of fused-ring (bicyclic) bond motifs is 1. The molecule has 0 unspecified atom stereocenters. The minimum Gasteiger partial charge on any atom is -0.462 e. The minimum atomic E-state index is -0.498. The van der Waals surface area contributed by atoms with E-state index >= 15 is 0 Å². The first-order valence-electron chi connectivity index (χ1n) is 11.7. The van der Waals surface area contributed by atoms with E-state index in [-0.39, 0.29) is 31.0 Å². The van der Waals surface area contributed by atoms with Gasteiger partial charge in [0.2, 0.25) is 0 Å². The Hall–Kier alpha value is -3.81. The van der Waals surface area contributed by atoms with Crippen molar-refractivity contribution in [1.29, 1.82) is 0 Å². The van der Waals surface area contributed by atoms with Crippen molar-refractivity contribution in [3.63, 3.8) is 0 Å². The van der Waals surface area contributed by atoms with Crippen LogP contribution in [0, 0.1) is 18.7 Å². The zero-order valence-corrected chi connectivity index (χ0v) is 19.8. The Balaban J connectivity index is 1.42. The lowest BCUT2D eigenvalue weighted by Gasteiger charge is -2.31. The Kier molecular flexibility index (Phi) is 7.39. The van der Waals surface area contributed by atoms with Crippen molar-refractivity contribution in [1.82, 2.24) is 9.88 Å².